The van der Waals surface area contributed by atoms with Crippen molar-refractivity contribution in [1.29, 1.82) is 0 Å². The zero-order valence-corrected chi connectivity index (χ0v) is 10.6. The number of nitrogens with zero attached hydrogens (tertiary/aromatic N) is 5. The maximum atomic E-state index is 11.9. The van der Waals surface area contributed by atoms with E-state index in [9.17, 15) is 4.79 Å². The number of amides is 1. The van der Waals surface area contributed by atoms with Crippen LogP contribution in [0.15, 0.2) is 36.5 Å². The maximum absolute atomic E-state index is 11.9. The molecule has 0 aliphatic heterocycles. The average molecular weight is 269 g/mol. The van der Waals surface area contributed by atoms with Crippen LogP contribution in [-0.2, 0) is 0 Å². The smallest absolute Gasteiger partial charge is 0.280 e. The molecule has 0 aliphatic carbocycles. The Morgan fingerprint density at radius 2 is 2.10 bits per heavy atom. The largest absolute Gasteiger partial charge is 0.288 e. The monoisotopic (exact) mass is 269 g/mol. The molecule has 2 N–H and O–H groups in total. The standard InChI is InChI=1S/C12H11N7O/c1-8-14-12(17-16-8)15-11(20)10-7-13-19(18-10)9-5-3-2-4-6-9/h2-7H,1H3,(H2,14,15,16,17,20). The van der Waals surface area contributed by atoms with Gasteiger partial charge < -0.3 is 0 Å². The Morgan fingerprint density at radius 3 is 2.80 bits per heavy atom. The van der Waals surface area contributed by atoms with Gasteiger partial charge in [0.25, 0.3) is 5.91 Å². The van der Waals surface area contributed by atoms with E-state index in [-0.39, 0.29) is 11.6 Å². The molecule has 8 heteroatoms. The van der Waals surface area contributed by atoms with Crippen LogP contribution in [0.5, 0.6) is 0 Å². The van der Waals surface area contributed by atoms with Crippen molar-refractivity contribution in [2.75, 3.05) is 5.32 Å². The number of hydrogen-bond acceptors (Lipinski definition) is 5. The third-order valence-electron chi connectivity index (χ3n) is 2.53. The Kier molecular flexibility index (Phi) is 2.96. The lowest BCUT2D eigenvalue weighted by molar-refractivity contribution is 0.102. The molecule has 3 aromatic rings. The molecule has 8 nitrogen and oxygen atoms in total. The second kappa shape index (κ2) is 4.92. The fraction of sp³-hybridized carbons (Fsp3) is 0.0833. The number of aromatic amines is 1. The first kappa shape index (κ1) is 12.0. The van der Waals surface area contributed by atoms with Gasteiger partial charge >= 0.3 is 0 Å². The number of carbonyl (C=O) groups is 1. The number of rotatable bonds is 3. The van der Waals surface area contributed by atoms with Gasteiger partial charge in [0.15, 0.2) is 5.69 Å². The van der Waals surface area contributed by atoms with Crippen LogP contribution < -0.4 is 5.32 Å². The van der Waals surface area contributed by atoms with Crippen LogP contribution in [-0.4, -0.2) is 36.1 Å². The molecule has 20 heavy (non-hydrogen) atoms. The molecule has 0 atom stereocenters. The van der Waals surface area contributed by atoms with Gasteiger partial charge in [-0.15, -0.1) is 10.2 Å². The number of benzene rings is 1. The van der Waals surface area contributed by atoms with E-state index in [2.05, 4.69) is 30.7 Å². The van der Waals surface area contributed by atoms with Gasteiger partial charge in [-0.3, -0.25) is 15.2 Å². The van der Waals surface area contributed by atoms with Crippen molar-refractivity contribution in [3.05, 3.63) is 48.0 Å². The Hall–Kier alpha value is -3.03. The number of carbonyl (C=O) groups excluding carboxylic acids is 1. The van der Waals surface area contributed by atoms with Gasteiger partial charge in [-0.1, -0.05) is 18.2 Å². The lowest BCUT2D eigenvalue weighted by Gasteiger charge is -1.98. The molecular formula is C12H11N7O. The van der Waals surface area contributed by atoms with Gasteiger partial charge in [-0.25, -0.2) is 0 Å². The summed E-state index contributed by atoms with van der Waals surface area (Å²) < 4.78 is 0. The van der Waals surface area contributed by atoms with Crippen LogP contribution in [0.3, 0.4) is 0 Å². The number of anilines is 1. The highest BCUT2D eigenvalue weighted by Crippen LogP contribution is 2.05. The normalized spacial score (nSPS) is 10.4. The van der Waals surface area contributed by atoms with E-state index < -0.39 is 5.91 Å². The topological polar surface area (TPSA) is 101 Å². The van der Waals surface area contributed by atoms with E-state index in [4.69, 9.17) is 0 Å². The summed E-state index contributed by atoms with van der Waals surface area (Å²) in [6.45, 7) is 1.74. The van der Waals surface area contributed by atoms with E-state index in [1.807, 2.05) is 30.3 Å². The van der Waals surface area contributed by atoms with Crippen molar-refractivity contribution in [2.45, 2.75) is 6.92 Å². The molecule has 0 saturated heterocycles. The van der Waals surface area contributed by atoms with E-state index in [1.54, 1.807) is 6.92 Å². The predicted octanol–water partition coefficient (Wildman–Crippen LogP) is 0.946. The molecule has 0 aliphatic rings. The summed E-state index contributed by atoms with van der Waals surface area (Å²) in [5, 5.41) is 17.2. The van der Waals surface area contributed by atoms with Crippen LogP contribution >= 0.6 is 0 Å². The quantitative estimate of drug-likeness (QED) is 0.737. The molecule has 0 unspecified atom stereocenters. The molecule has 1 aromatic carbocycles. The van der Waals surface area contributed by atoms with Gasteiger partial charge in [0.2, 0.25) is 5.95 Å². The van der Waals surface area contributed by atoms with Gasteiger partial charge in [0, 0.05) is 0 Å². The molecule has 100 valence electrons. The number of nitrogens with one attached hydrogen (secondary N) is 2. The minimum Gasteiger partial charge on any atom is -0.288 e. The Bertz CT molecular complexity index is 731. The molecule has 2 heterocycles. The molecule has 0 spiro atoms. The minimum atomic E-state index is -0.411. The summed E-state index contributed by atoms with van der Waals surface area (Å²) in [4.78, 5) is 17.3. The third kappa shape index (κ3) is 2.39. The Balaban J connectivity index is 1.78. The van der Waals surface area contributed by atoms with Crippen molar-refractivity contribution < 1.29 is 4.79 Å². The first-order valence-electron chi connectivity index (χ1n) is 5.90. The van der Waals surface area contributed by atoms with Gasteiger partial charge in [-0.2, -0.15) is 14.9 Å². The van der Waals surface area contributed by atoms with Crippen molar-refractivity contribution in [1.82, 2.24) is 30.2 Å². The number of H-pyrrole nitrogens is 1. The zero-order valence-electron chi connectivity index (χ0n) is 10.6. The van der Waals surface area contributed by atoms with E-state index >= 15 is 0 Å². The molecular weight excluding hydrogens is 258 g/mol. The predicted molar refractivity (Wildman–Crippen MR) is 70.4 cm³/mol. The van der Waals surface area contributed by atoms with Gasteiger partial charge in [-0.05, 0) is 19.1 Å². The van der Waals surface area contributed by atoms with Crippen LogP contribution in [0.25, 0.3) is 5.69 Å². The van der Waals surface area contributed by atoms with Crippen LogP contribution in [0.1, 0.15) is 16.3 Å². The van der Waals surface area contributed by atoms with E-state index in [0.717, 1.165) is 5.69 Å². The molecule has 0 bridgehead atoms. The summed E-state index contributed by atoms with van der Waals surface area (Å²) in [6, 6.07) is 9.33. The highest BCUT2D eigenvalue weighted by Gasteiger charge is 2.13. The van der Waals surface area contributed by atoms with E-state index in [1.165, 1.54) is 11.0 Å². The Labute approximate surface area is 113 Å². The number of hydrogen-bond donors (Lipinski definition) is 2. The minimum absolute atomic E-state index is 0.191. The van der Waals surface area contributed by atoms with Crippen molar-refractivity contribution in [3.8, 4) is 5.69 Å². The molecule has 1 amide bonds. The Morgan fingerprint density at radius 1 is 1.30 bits per heavy atom. The maximum Gasteiger partial charge on any atom is 0.280 e. The lowest BCUT2D eigenvalue weighted by Crippen LogP contribution is -2.14. The molecule has 0 saturated carbocycles. The first-order valence-corrected chi connectivity index (χ1v) is 5.90. The van der Waals surface area contributed by atoms with Gasteiger partial charge in [0.1, 0.15) is 5.82 Å². The fourth-order valence-electron chi connectivity index (χ4n) is 1.62. The lowest BCUT2D eigenvalue weighted by atomic mass is 10.3. The number of aryl methyl sites for hydroxylation is 1. The van der Waals surface area contributed by atoms with Crippen LogP contribution in [0.4, 0.5) is 5.95 Å². The van der Waals surface area contributed by atoms with Crippen molar-refractivity contribution in [2.24, 2.45) is 0 Å². The second-order valence-electron chi connectivity index (χ2n) is 4.05. The number of para-hydroxylation sites is 1. The molecule has 2 aromatic heterocycles. The molecule has 0 fully saturated rings. The molecule has 0 radical (unpaired) electrons. The van der Waals surface area contributed by atoms with Crippen molar-refractivity contribution in [3.63, 3.8) is 0 Å². The first-order chi connectivity index (χ1) is 9.72. The summed E-state index contributed by atoms with van der Waals surface area (Å²) in [6.07, 6.45) is 1.39. The number of aromatic nitrogens is 6. The second-order valence-corrected chi connectivity index (χ2v) is 4.05. The van der Waals surface area contributed by atoms with Crippen LogP contribution in [0, 0.1) is 6.92 Å². The summed E-state index contributed by atoms with van der Waals surface area (Å²) in [5.41, 5.74) is 0.969. The third-order valence-corrected chi connectivity index (χ3v) is 2.53. The van der Waals surface area contributed by atoms with Crippen LogP contribution in [0.2, 0.25) is 0 Å². The highest BCUT2D eigenvalue weighted by molar-refractivity contribution is 6.01. The molecule has 3 rings (SSSR count). The van der Waals surface area contributed by atoms with Crippen molar-refractivity contribution >= 4 is 11.9 Å². The summed E-state index contributed by atoms with van der Waals surface area (Å²) in [5.74, 6) is 0.418. The summed E-state index contributed by atoms with van der Waals surface area (Å²) in [7, 11) is 0. The SMILES string of the molecule is Cc1nc(NC(=O)c2cnn(-c3ccccc3)n2)n[nH]1. The average Bonchev–Trinajstić information content (AvgIpc) is 3.09. The fourth-order valence-corrected chi connectivity index (χ4v) is 1.62. The summed E-state index contributed by atoms with van der Waals surface area (Å²) >= 11 is 0. The van der Waals surface area contributed by atoms with E-state index in [0.29, 0.717) is 5.82 Å². The highest BCUT2D eigenvalue weighted by atomic mass is 16.2. The zero-order chi connectivity index (χ0) is 13.9. The van der Waals surface area contributed by atoms with Gasteiger partial charge in [0.05, 0.1) is 11.9 Å².